The van der Waals surface area contributed by atoms with E-state index < -0.39 is 0 Å². The number of hydrogen-bond acceptors (Lipinski definition) is 2. The number of benzene rings is 1. The molecule has 104 valence electrons. The fourth-order valence-corrected chi connectivity index (χ4v) is 2.59. The Balaban J connectivity index is 1.65. The maximum absolute atomic E-state index is 12.0. The Labute approximate surface area is 116 Å². The second kappa shape index (κ2) is 7.29. The summed E-state index contributed by atoms with van der Waals surface area (Å²) in [6, 6.07) is 10.9. The van der Waals surface area contributed by atoms with Crippen LogP contribution in [0.15, 0.2) is 30.3 Å². The highest BCUT2D eigenvalue weighted by molar-refractivity contribution is 5.76. The smallest absolute Gasteiger partial charge is 0.223 e. The fraction of sp³-hybridized carbons (Fsp3) is 0.562. The third kappa shape index (κ3) is 4.67. The molecule has 0 radical (unpaired) electrons. The van der Waals surface area contributed by atoms with Crippen molar-refractivity contribution in [3.8, 4) is 0 Å². The maximum Gasteiger partial charge on any atom is 0.223 e. The van der Waals surface area contributed by atoms with Gasteiger partial charge < -0.3 is 10.2 Å². The fourth-order valence-electron chi connectivity index (χ4n) is 2.59. The first kappa shape index (κ1) is 14.1. The molecule has 1 heterocycles. The normalized spacial score (nSPS) is 18.5. The van der Waals surface area contributed by atoms with E-state index in [1.54, 1.807) is 0 Å². The molecule has 1 fully saturated rings. The summed E-state index contributed by atoms with van der Waals surface area (Å²) < 4.78 is 0. The van der Waals surface area contributed by atoms with Crippen molar-refractivity contribution in [3.63, 3.8) is 0 Å². The Hall–Kier alpha value is -1.35. The van der Waals surface area contributed by atoms with Crippen LogP contribution in [0, 0.1) is 0 Å². The van der Waals surface area contributed by atoms with Crippen LogP contribution in [0.5, 0.6) is 0 Å². The van der Waals surface area contributed by atoms with Crippen LogP contribution in [0.4, 0.5) is 0 Å². The molecular weight excluding hydrogens is 236 g/mol. The molecule has 1 amide bonds. The molecule has 0 saturated carbocycles. The number of carbonyl (C=O) groups excluding carboxylic acids is 1. The van der Waals surface area contributed by atoms with E-state index in [-0.39, 0.29) is 5.91 Å². The average Bonchev–Trinajstić information content (AvgIpc) is 2.92. The van der Waals surface area contributed by atoms with Gasteiger partial charge in [0.1, 0.15) is 0 Å². The van der Waals surface area contributed by atoms with Gasteiger partial charge in [0.05, 0.1) is 0 Å². The van der Waals surface area contributed by atoms with Gasteiger partial charge in [-0.2, -0.15) is 0 Å². The van der Waals surface area contributed by atoms with E-state index in [0.717, 1.165) is 32.4 Å². The van der Waals surface area contributed by atoms with Crippen molar-refractivity contribution >= 4 is 5.91 Å². The third-order valence-electron chi connectivity index (χ3n) is 3.81. The van der Waals surface area contributed by atoms with Gasteiger partial charge in [0.2, 0.25) is 5.91 Å². The number of hydrogen-bond donors (Lipinski definition) is 1. The highest BCUT2D eigenvalue weighted by Crippen LogP contribution is 2.10. The van der Waals surface area contributed by atoms with Gasteiger partial charge in [-0.25, -0.2) is 0 Å². The molecule has 1 aliphatic heterocycles. The van der Waals surface area contributed by atoms with Crippen LogP contribution in [0.3, 0.4) is 0 Å². The van der Waals surface area contributed by atoms with Crippen LogP contribution in [0.1, 0.15) is 31.2 Å². The summed E-state index contributed by atoms with van der Waals surface area (Å²) >= 11 is 0. The molecule has 1 unspecified atom stereocenters. The van der Waals surface area contributed by atoms with Crippen molar-refractivity contribution in [2.24, 2.45) is 0 Å². The summed E-state index contributed by atoms with van der Waals surface area (Å²) in [6.07, 6.45) is 5.07. The topological polar surface area (TPSA) is 32.3 Å². The second-order valence-corrected chi connectivity index (χ2v) is 5.40. The molecule has 0 bridgehead atoms. The van der Waals surface area contributed by atoms with E-state index in [1.165, 1.54) is 12.0 Å². The van der Waals surface area contributed by atoms with Crippen molar-refractivity contribution < 1.29 is 4.79 Å². The van der Waals surface area contributed by atoms with Crippen molar-refractivity contribution in [2.75, 3.05) is 20.1 Å². The van der Waals surface area contributed by atoms with Crippen LogP contribution in [0.25, 0.3) is 0 Å². The third-order valence-corrected chi connectivity index (χ3v) is 3.81. The Bertz CT molecular complexity index is 385. The first-order valence-electron chi connectivity index (χ1n) is 7.27. The van der Waals surface area contributed by atoms with Crippen LogP contribution in [-0.4, -0.2) is 37.0 Å². The molecule has 1 N–H and O–H groups in total. The Morgan fingerprint density at radius 2 is 2.16 bits per heavy atom. The molecular formula is C16H24N2O. The largest absolute Gasteiger partial charge is 0.346 e. The number of amides is 1. The van der Waals surface area contributed by atoms with Gasteiger partial charge in [-0.05, 0) is 37.8 Å². The van der Waals surface area contributed by atoms with Crippen LogP contribution in [0.2, 0.25) is 0 Å². The monoisotopic (exact) mass is 260 g/mol. The zero-order valence-electron chi connectivity index (χ0n) is 11.8. The molecule has 1 aromatic carbocycles. The highest BCUT2D eigenvalue weighted by Gasteiger charge is 2.19. The maximum atomic E-state index is 12.0. The lowest BCUT2D eigenvalue weighted by molar-refractivity contribution is -0.130. The summed E-state index contributed by atoms with van der Waals surface area (Å²) in [4.78, 5) is 13.9. The molecule has 1 atom stereocenters. The molecule has 3 nitrogen and oxygen atoms in total. The van der Waals surface area contributed by atoms with Gasteiger partial charge in [-0.3, -0.25) is 4.79 Å². The second-order valence-electron chi connectivity index (χ2n) is 5.40. The van der Waals surface area contributed by atoms with Gasteiger partial charge in [0.15, 0.2) is 0 Å². The number of nitrogens with zero attached hydrogens (tertiary/aromatic N) is 1. The molecule has 3 heteroatoms. The van der Waals surface area contributed by atoms with Gasteiger partial charge in [0.25, 0.3) is 0 Å². The van der Waals surface area contributed by atoms with Crippen LogP contribution >= 0.6 is 0 Å². The molecule has 2 rings (SSSR count). The van der Waals surface area contributed by atoms with E-state index in [4.69, 9.17) is 0 Å². The molecule has 19 heavy (non-hydrogen) atoms. The minimum Gasteiger partial charge on any atom is -0.346 e. The lowest BCUT2D eigenvalue weighted by Gasteiger charge is -2.19. The van der Waals surface area contributed by atoms with E-state index >= 15 is 0 Å². The number of rotatable bonds is 6. The Kier molecular flexibility index (Phi) is 5.40. The average molecular weight is 260 g/mol. The lowest BCUT2D eigenvalue weighted by atomic mass is 10.1. The first-order valence-corrected chi connectivity index (χ1v) is 7.27. The first-order chi connectivity index (χ1) is 9.25. The number of nitrogens with one attached hydrogen (secondary N) is 1. The van der Waals surface area contributed by atoms with E-state index in [1.807, 2.05) is 18.0 Å². The lowest BCUT2D eigenvalue weighted by Crippen LogP contribution is -2.34. The van der Waals surface area contributed by atoms with Crippen molar-refractivity contribution in [1.82, 2.24) is 10.2 Å². The molecule has 1 aliphatic rings. The minimum absolute atomic E-state index is 0.271. The Morgan fingerprint density at radius 3 is 2.84 bits per heavy atom. The van der Waals surface area contributed by atoms with Crippen molar-refractivity contribution in [2.45, 2.75) is 38.1 Å². The molecule has 0 aliphatic carbocycles. The highest BCUT2D eigenvalue weighted by atomic mass is 16.2. The Morgan fingerprint density at radius 1 is 1.37 bits per heavy atom. The summed E-state index contributed by atoms with van der Waals surface area (Å²) in [7, 11) is 1.92. The molecule has 1 saturated heterocycles. The quantitative estimate of drug-likeness (QED) is 0.850. The summed E-state index contributed by atoms with van der Waals surface area (Å²) in [6.45, 7) is 1.91. The van der Waals surface area contributed by atoms with E-state index in [0.29, 0.717) is 12.5 Å². The summed E-state index contributed by atoms with van der Waals surface area (Å²) in [5.74, 6) is 0.271. The van der Waals surface area contributed by atoms with E-state index in [9.17, 15) is 4.79 Å². The summed E-state index contributed by atoms with van der Waals surface area (Å²) in [5, 5.41) is 3.38. The summed E-state index contributed by atoms with van der Waals surface area (Å²) in [5.41, 5.74) is 1.35. The van der Waals surface area contributed by atoms with Crippen molar-refractivity contribution in [1.29, 1.82) is 0 Å². The molecule has 1 aromatic rings. The molecule has 0 aromatic heterocycles. The van der Waals surface area contributed by atoms with Gasteiger partial charge in [-0.1, -0.05) is 30.3 Å². The van der Waals surface area contributed by atoms with Gasteiger partial charge in [0, 0.05) is 26.1 Å². The van der Waals surface area contributed by atoms with Gasteiger partial charge >= 0.3 is 0 Å². The number of aryl methyl sites for hydroxylation is 1. The SMILES string of the molecule is CN(CCCc1ccccc1)C(=O)CC1CCCN1. The minimum atomic E-state index is 0.271. The standard InChI is InChI=1S/C16H24N2O/c1-18(16(19)13-15-10-5-11-17-15)12-6-9-14-7-3-2-4-8-14/h2-4,7-8,15,17H,5-6,9-13H2,1H3. The van der Waals surface area contributed by atoms with Crippen molar-refractivity contribution in [3.05, 3.63) is 35.9 Å². The van der Waals surface area contributed by atoms with Crippen LogP contribution in [-0.2, 0) is 11.2 Å². The molecule has 0 spiro atoms. The zero-order valence-corrected chi connectivity index (χ0v) is 11.8. The predicted octanol–water partition coefficient (Wildman–Crippen LogP) is 2.22. The zero-order chi connectivity index (χ0) is 13.5. The predicted molar refractivity (Wildman–Crippen MR) is 78.0 cm³/mol. The van der Waals surface area contributed by atoms with Gasteiger partial charge in [-0.15, -0.1) is 0 Å². The number of carbonyl (C=O) groups is 1. The van der Waals surface area contributed by atoms with Crippen LogP contribution < -0.4 is 5.32 Å². The van der Waals surface area contributed by atoms with E-state index in [2.05, 4.69) is 29.6 Å².